The van der Waals surface area contributed by atoms with Gasteiger partial charge in [-0.05, 0) is 29.1 Å². The molecule has 2 aromatic rings. The molecule has 1 fully saturated rings. The number of hydrogen-bond donors (Lipinski definition) is 4. The zero-order chi connectivity index (χ0) is 18.7. The van der Waals surface area contributed by atoms with E-state index < -0.39 is 37.3 Å². The van der Waals surface area contributed by atoms with Gasteiger partial charge in [-0.15, -0.1) is 11.3 Å². The van der Waals surface area contributed by atoms with Gasteiger partial charge in [0, 0.05) is 6.42 Å². The summed E-state index contributed by atoms with van der Waals surface area (Å²) in [6.07, 6.45) is -5.90. The highest BCUT2D eigenvalue weighted by Crippen LogP contribution is 2.32. The first-order chi connectivity index (χ1) is 12.5. The maximum absolute atomic E-state index is 10.1. The third-order valence-electron chi connectivity index (χ3n) is 4.29. The largest absolute Gasteiger partial charge is 0.497 e. The molecular formula is C18H22O7S. The van der Waals surface area contributed by atoms with E-state index in [9.17, 15) is 20.4 Å². The number of thiophene rings is 1. The summed E-state index contributed by atoms with van der Waals surface area (Å²) in [5, 5.41) is 41.0. The second kappa shape index (κ2) is 8.34. The van der Waals surface area contributed by atoms with E-state index in [0.29, 0.717) is 12.2 Å². The highest BCUT2D eigenvalue weighted by atomic mass is 32.1. The fraction of sp³-hybridized carbons (Fsp3) is 0.444. The molecule has 142 valence electrons. The molecule has 2 heterocycles. The Kier molecular flexibility index (Phi) is 6.13. The average molecular weight is 382 g/mol. The molecule has 0 bridgehead atoms. The van der Waals surface area contributed by atoms with Gasteiger partial charge in [-0.3, -0.25) is 0 Å². The summed E-state index contributed by atoms with van der Waals surface area (Å²) < 4.78 is 16.4. The van der Waals surface area contributed by atoms with Gasteiger partial charge >= 0.3 is 0 Å². The number of hydrogen-bond acceptors (Lipinski definition) is 8. The number of rotatable bonds is 6. The first kappa shape index (κ1) is 19.1. The van der Waals surface area contributed by atoms with Gasteiger partial charge in [0.05, 0.1) is 18.6 Å². The molecule has 1 saturated heterocycles. The molecule has 4 N–H and O–H groups in total. The van der Waals surface area contributed by atoms with Crippen molar-refractivity contribution < 1.29 is 34.6 Å². The molecule has 5 unspecified atom stereocenters. The molecule has 0 amide bonds. The Labute approximate surface area is 155 Å². The molecular weight excluding hydrogens is 360 g/mol. The number of aliphatic hydroxyl groups is 4. The lowest BCUT2D eigenvalue weighted by molar-refractivity contribution is -0.277. The summed E-state index contributed by atoms with van der Waals surface area (Å²) in [6, 6.07) is 9.42. The van der Waals surface area contributed by atoms with Gasteiger partial charge in [0.15, 0.2) is 0 Å². The van der Waals surface area contributed by atoms with Crippen LogP contribution in [0.4, 0.5) is 0 Å². The summed E-state index contributed by atoms with van der Waals surface area (Å²) in [4.78, 5) is 0.912. The van der Waals surface area contributed by atoms with Gasteiger partial charge in [0.1, 0.15) is 35.9 Å². The van der Waals surface area contributed by atoms with Crippen LogP contribution >= 0.6 is 11.3 Å². The van der Waals surface area contributed by atoms with Crippen molar-refractivity contribution in [1.82, 2.24) is 0 Å². The maximum atomic E-state index is 10.1. The second-order valence-electron chi connectivity index (χ2n) is 6.05. The first-order valence-electron chi connectivity index (χ1n) is 8.20. The molecule has 3 rings (SSSR count). The standard InChI is InChI=1S/C18H22O7S/c1-23-11-4-2-3-10(7-11)8-14-12(5-6-26-14)24-18-17(22)16(21)15(20)13(9-19)25-18/h2-7,13,15-22H,8-9H2,1H3. The SMILES string of the molecule is COc1cccc(Cc2sccc2OC2OC(CO)C(O)C(O)C2O)c1. The molecule has 8 heteroatoms. The Bertz CT molecular complexity index is 717. The molecule has 0 radical (unpaired) electrons. The fourth-order valence-corrected chi connectivity index (χ4v) is 3.66. The van der Waals surface area contributed by atoms with Gasteiger partial charge in [-0.25, -0.2) is 0 Å². The molecule has 1 aliphatic heterocycles. The summed E-state index contributed by atoms with van der Waals surface area (Å²) in [6.45, 7) is -0.495. The minimum absolute atomic E-state index is 0.495. The van der Waals surface area contributed by atoms with Crippen molar-refractivity contribution in [3.05, 3.63) is 46.2 Å². The molecule has 1 aliphatic rings. The quantitative estimate of drug-likeness (QED) is 0.577. The van der Waals surface area contributed by atoms with Crippen molar-refractivity contribution >= 4 is 11.3 Å². The maximum Gasteiger partial charge on any atom is 0.229 e. The van der Waals surface area contributed by atoms with Crippen LogP contribution < -0.4 is 9.47 Å². The number of aliphatic hydroxyl groups excluding tert-OH is 4. The Morgan fingerprint density at radius 1 is 1.12 bits per heavy atom. The molecule has 26 heavy (non-hydrogen) atoms. The van der Waals surface area contributed by atoms with Crippen LogP contribution in [0.25, 0.3) is 0 Å². The van der Waals surface area contributed by atoms with Gasteiger partial charge in [0.2, 0.25) is 6.29 Å². The van der Waals surface area contributed by atoms with Crippen molar-refractivity contribution in [2.24, 2.45) is 0 Å². The lowest BCUT2D eigenvalue weighted by Gasteiger charge is -2.39. The summed E-state index contributed by atoms with van der Waals surface area (Å²) in [5.41, 5.74) is 1.03. The summed E-state index contributed by atoms with van der Waals surface area (Å²) in [7, 11) is 1.61. The predicted molar refractivity (Wildman–Crippen MR) is 94.5 cm³/mol. The predicted octanol–water partition coefficient (Wildman–Crippen LogP) is 0.526. The third-order valence-corrected chi connectivity index (χ3v) is 5.20. The van der Waals surface area contributed by atoms with E-state index in [1.165, 1.54) is 11.3 Å². The van der Waals surface area contributed by atoms with E-state index in [2.05, 4.69) is 0 Å². The topological polar surface area (TPSA) is 109 Å². The lowest BCUT2D eigenvalue weighted by Crippen LogP contribution is -2.60. The summed E-state index contributed by atoms with van der Waals surface area (Å²) >= 11 is 1.49. The first-order valence-corrected chi connectivity index (χ1v) is 9.08. The van der Waals surface area contributed by atoms with Gasteiger partial charge in [0.25, 0.3) is 0 Å². The van der Waals surface area contributed by atoms with Crippen molar-refractivity contribution in [2.45, 2.75) is 37.1 Å². The Balaban J connectivity index is 1.74. The van der Waals surface area contributed by atoms with Crippen LogP contribution in [0.3, 0.4) is 0 Å². The third kappa shape index (κ3) is 4.01. The van der Waals surface area contributed by atoms with Crippen LogP contribution in [0.2, 0.25) is 0 Å². The van der Waals surface area contributed by atoms with Crippen molar-refractivity contribution in [3.8, 4) is 11.5 Å². The van der Waals surface area contributed by atoms with Crippen molar-refractivity contribution in [3.63, 3.8) is 0 Å². The number of methoxy groups -OCH3 is 1. The fourth-order valence-electron chi connectivity index (χ4n) is 2.82. The molecule has 1 aromatic heterocycles. The average Bonchev–Trinajstić information content (AvgIpc) is 3.09. The summed E-state index contributed by atoms with van der Waals surface area (Å²) in [5.74, 6) is 1.28. The van der Waals surface area contributed by atoms with Crippen LogP contribution in [-0.2, 0) is 11.2 Å². The van der Waals surface area contributed by atoms with E-state index >= 15 is 0 Å². The molecule has 1 aromatic carbocycles. The van der Waals surface area contributed by atoms with Gasteiger partial charge in [-0.1, -0.05) is 12.1 Å². The highest BCUT2D eigenvalue weighted by molar-refractivity contribution is 7.10. The molecule has 0 spiro atoms. The lowest BCUT2D eigenvalue weighted by atomic mass is 9.99. The molecule has 7 nitrogen and oxygen atoms in total. The molecule has 0 saturated carbocycles. The van der Waals surface area contributed by atoms with E-state index in [0.717, 1.165) is 16.2 Å². The van der Waals surface area contributed by atoms with Crippen LogP contribution in [0.1, 0.15) is 10.4 Å². The van der Waals surface area contributed by atoms with E-state index in [1.54, 1.807) is 13.2 Å². The Morgan fingerprint density at radius 2 is 1.92 bits per heavy atom. The van der Waals surface area contributed by atoms with E-state index in [4.69, 9.17) is 14.2 Å². The van der Waals surface area contributed by atoms with Gasteiger partial charge < -0.3 is 34.6 Å². The Hall–Kier alpha value is -1.68. The Morgan fingerprint density at radius 3 is 2.65 bits per heavy atom. The molecule has 5 atom stereocenters. The second-order valence-corrected chi connectivity index (χ2v) is 7.05. The zero-order valence-corrected chi connectivity index (χ0v) is 15.0. The minimum Gasteiger partial charge on any atom is -0.497 e. The smallest absolute Gasteiger partial charge is 0.229 e. The van der Waals surface area contributed by atoms with Crippen LogP contribution in [-0.4, -0.2) is 64.8 Å². The van der Waals surface area contributed by atoms with Crippen LogP contribution in [0.15, 0.2) is 35.7 Å². The monoisotopic (exact) mass is 382 g/mol. The van der Waals surface area contributed by atoms with E-state index in [1.807, 2.05) is 29.6 Å². The van der Waals surface area contributed by atoms with Crippen molar-refractivity contribution in [1.29, 1.82) is 0 Å². The van der Waals surface area contributed by atoms with Crippen molar-refractivity contribution in [2.75, 3.05) is 13.7 Å². The number of ether oxygens (including phenoxy) is 3. The van der Waals surface area contributed by atoms with Crippen LogP contribution in [0, 0.1) is 0 Å². The normalized spacial score (nSPS) is 28.7. The van der Waals surface area contributed by atoms with E-state index in [-0.39, 0.29) is 0 Å². The molecule has 0 aliphatic carbocycles. The number of benzene rings is 1. The highest BCUT2D eigenvalue weighted by Gasteiger charge is 2.44. The minimum atomic E-state index is -1.47. The zero-order valence-electron chi connectivity index (χ0n) is 14.2. The van der Waals surface area contributed by atoms with Gasteiger partial charge in [-0.2, -0.15) is 0 Å². The van der Waals surface area contributed by atoms with Crippen LogP contribution in [0.5, 0.6) is 11.5 Å².